The lowest BCUT2D eigenvalue weighted by Crippen LogP contribution is -2.23. The van der Waals surface area contributed by atoms with Crippen LogP contribution in [0, 0.1) is 0 Å². The number of aromatic nitrogens is 3. The molecule has 2 N–H and O–H groups in total. The van der Waals surface area contributed by atoms with E-state index in [0.717, 1.165) is 31.5 Å². The number of nitrogens with two attached hydrogens (primary N) is 1. The monoisotopic (exact) mass is 456 g/mol. The molecule has 2 heterocycles. The van der Waals surface area contributed by atoms with Gasteiger partial charge in [-0.25, -0.2) is 9.97 Å². The summed E-state index contributed by atoms with van der Waals surface area (Å²) in [5, 5.41) is 0. The third-order valence-electron chi connectivity index (χ3n) is 6.02. The summed E-state index contributed by atoms with van der Waals surface area (Å²) in [6.45, 7) is 0. The SMILES string of the molecule is Nc1nccn2c(C3CCCC3)nc(C3=C(OC(F)(F)F)CC(Oc4ccccc4)C=C3)c12. The van der Waals surface area contributed by atoms with Gasteiger partial charge in [-0.15, -0.1) is 13.2 Å². The molecule has 1 aromatic carbocycles. The molecule has 1 atom stereocenters. The van der Waals surface area contributed by atoms with Crippen LogP contribution in [0.15, 0.2) is 60.6 Å². The maximum atomic E-state index is 13.3. The molecule has 0 spiro atoms. The van der Waals surface area contributed by atoms with Gasteiger partial charge in [0.15, 0.2) is 0 Å². The van der Waals surface area contributed by atoms with Crippen LogP contribution in [0.4, 0.5) is 19.0 Å². The Hall–Kier alpha value is -3.49. The summed E-state index contributed by atoms with van der Waals surface area (Å²) in [5.74, 6) is 1.53. The van der Waals surface area contributed by atoms with Gasteiger partial charge in [-0.05, 0) is 37.1 Å². The minimum absolute atomic E-state index is 0.0990. The van der Waals surface area contributed by atoms with Gasteiger partial charge in [-0.2, -0.15) is 0 Å². The van der Waals surface area contributed by atoms with Crippen LogP contribution in [0.1, 0.15) is 49.5 Å². The molecule has 0 radical (unpaired) electrons. The smallest absolute Gasteiger partial charge is 0.486 e. The maximum absolute atomic E-state index is 13.3. The van der Waals surface area contributed by atoms with Crippen molar-refractivity contribution in [3.05, 3.63) is 72.2 Å². The van der Waals surface area contributed by atoms with Gasteiger partial charge in [0.05, 0.1) is 0 Å². The number of ether oxygens (including phenoxy) is 2. The third-order valence-corrected chi connectivity index (χ3v) is 6.02. The number of hydrogen-bond acceptors (Lipinski definition) is 5. The van der Waals surface area contributed by atoms with Crippen molar-refractivity contribution in [2.24, 2.45) is 0 Å². The summed E-state index contributed by atoms with van der Waals surface area (Å²) in [6, 6.07) is 8.94. The fourth-order valence-corrected chi connectivity index (χ4v) is 4.61. The van der Waals surface area contributed by atoms with Gasteiger partial charge in [0.2, 0.25) is 0 Å². The van der Waals surface area contributed by atoms with E-state index in [2.05, 4.69) is 9.72 Å². The molecule has 0 aliphatic heterocycles. The molecule has 33 heavy (non-hydrogen) atoms. The van der Waals surface area contributed by atoms with Crippen LogP contribution in [-0.2, 0) is 4.74 Å². The predicted octanol–water partition coefficient (Wildman–Crippen LogP) is 5.62. The van der Waals surface area contributed by atoms with E-state index in [9.17, 15) is 13.2 Å². The number of nitrogen functional groups attached to an aromatic ring is 1. The van der Waals surface area contributed by atoms with Crippen molar-refractivity contribution < 1.29 is 22.6 Å². The fourth-order valence-electron chi connectivity index (χ4n) is 4.61. The minimum Gasteiger partial charge on any atom is -0.486 e. The quantitative estimate of drug-likeness (QED) is 0.539. The average molecular weight is 456 g/mol. The van der Waals surface area contributed by atoms with E-state index in [1.165, 1.54) is 0 Å². The molecule has 3 aromatic rings. The summed E-state index contributed by atoms with van der Waals surface area (Å²) in [4.78, 5) is 8.95. The highest BCUT2D eigenvalue weighted by atomic mass is 19.4. The molecule has 2 aliphatic rings. The highest BCUT2D eigenvalue weighted by molar-refractivity contribution is 5.88. The van der Waals surface area contributed by atoms with Crippen LogP contribution in [0.5, 0.6) is 5.75 Å². The molecule has 1 saturated carbocycles. The molecule has 2 aliphatic carbocycles. The second kappa shape index (κ2) is 8.46. The van der Waals surface area contributed by atoms with Crippen LogP contribution >= 0.6 is 0 Å². The molecular formula is C24H23F3N4O2. The Morgan fingerprint density at radius 3 is 2.58 bits per heavy atom. The molecular weight excluding hydrogens is 433 g/mol. The number of para-hydroxylation sites is 1. The molecule has 0 amide bonds. The van der Waals surface area contributed by atoms with Crippen molar-refractivity contribution in [3.8, 4) is 5.75 Å². The van der Waals surface area contributed by atoms with Crippen LogP contribution in [0.2, 0.25) is 0 Å². The fraction of sp³-hybridized carbons (Fsp3) is 0.333. The van der Waals surface area contributed by atoms with Gasteiger partial charge >= 0.3 is 6.36 Å². The highest BCUT2D eigenvalue weighted by Crippen LogP contribution is 2.40. The van der Waals surface area contributed by atoms with Gasteiger partial charge in [-0.3, -0.25) is 4.40 Å². The molecule has 5 rings (SSSR count). The maximum Gasteiger partial charge on any atom is 0.572 e. The van der Waals surface area contributed by atoms with E-state index in [-0.39, 0.29) is 29.5 Å². The number of nitrogens with zero attached hydrogens (tertiary/aromatic N) is 3. The lowest BCUT2D eigenvalue weighted by atomic mass is 9.99. The number of rotatable bonds is 5. The summed E-state index contributed by atoms with van der Waals surface area (Å²) in [6.07, 6.45) is 5.22. The number of alkyl halides is 3. The number of hydrogen-bond donors (Lipinski definition) is 1. The third kappa shape index (κ3) is 4.40. The molecule has 0 bridgehead atoms. The largest absolute Gasteiger partial charge is 0.572 e. The molecule has 1 unspecified atom stereocenters. The minimum atomic E-state index is -4.85. The Labute approximate surface area is 188 Å². The molecule has 0 saturated heterocycles. The van der Waals surface area contributed by atoms with Crippen molar-refractivity contribution in [2.45, 2.75) is 50.5 Å². The van der Waals surface area contributed by atoms with Gasteiger partial charge in [0.25, 0.3) is 0 Å². The molecule has 172 valence electrons. The van der Waals surface area contributed by atoms with Crippen molar-refractivity contribution in [2.75, 3.05) is 5.73 Å². The Balaban J connectivity index is 1.58. The number of imidazole rings is 1. The van der Waals surface area contributed by atoms with E-state index in [0.29, 0.717) is 17.0 Å². The topological polar surface area (TPSA) is 74.7 Å². The van der Waals surface area contributed by atoms with Crippen molar-refractivity contribution in [1.82, 2.24) is 14.4 Å². The standard InChI is InChI=1S/C24H23F3N4O2/c25-24(26,27)33-19-14-17(32-16-8-2-1-3-9-16)10-11-18(19)20-21-22(28)29-12-13-31(21)23(30-20)15-6-4-5-7-15/h1-3,8-13,15,17H,4-7,14H2,(H2,28,29). The molecule has 1 fully saturated rings. The van der Waals surface area contributed by atoms with E-state index in [1.54, 1.807) is 48.8 Å². The number of benzene rings is 1. The van der Waals surface area contributed by atoms with Gasteiger partial charge in [0, 0.05) is 30.3 Å². The average Bonchev–Trinajstić information content (AvgIpc) is 3.42. The van der Waals surface area contributed by atoms with E-state index in [1.807, 2.05) is 10.5 Å². The van der Waals surface area contributed by atoms with Gasteiger partial charge < -0.3 is 15.2 Å². The summed E-state index contributed by atoms with van der Waals surface area (Å²) in [7, 11) is 0. The van der Waals surface area contributed by atoms with Crippen molar-refractivity contribution in [3.63, 3.8) is 0 Å². The Morgan fingerprint density at radius 1 is 1.09 bits per heavy atom. The lowest BCUT2D eigenvalue weighted by molar-refractivity contribution is -0.306. The van der Waals surface area contributed by atoms with Crippen LogP contribution in [-0.4, -0.2) is 26.8 Å². The van der Waals surface area contributed by atoms with E-state index < -0.39 is 12.5 Å². The first-order chi connectivity index (χ1) is 15.9. The zero-order valence-electron chi connectivity index (χ0n) is 17.8. The van der Waals surface area contributed by atoms with Crippen molar-refractivity contribution in [1.29, 1.82) is 0 Å². The molecule has 9 heteroatoms. The zero-order chi connectivity index (χ0) is 23.0. The normalized spacial score (nSPS) is 19.4. The summed E-state index contributed by atoms with van der Waals surface area (Å²) >= 11 is 0. The summed E-state index contributed by atoms with van der Waals surface area (Å²) < 4.78 is 52.2. The molecule has 2 aromatic heterocycles. The molecule has 6 nitrogen and oxygen atoms in total. The number of fused-ring (bicyclic) bond motifs is 1. The van der Waals surface area contributed by atoms with Crippen molar-refractivity contribution >= 4 is 16.9 Å². The second-order valence-corrected chi connectivity index (χ2v) is 8.25. The zero-order valence-corrected chi connectivity index (χ0v) is 17.8. The van der Waals surface area contributed by atoms with E-state index in [4.69, 9.17) is 15.5 Å². The van der Waals surface area contributed by atoms with Crippen LogP contribution in [0.3, 0.4) is 0 Å². The number of anilines is 1. The van der Waals surface area contributed by atoms with Crippen LogP contribution in [0.25, 0.3) is 11.1 Å². The Morgan fingerprint density at radius 2 is 1.85 bits per heavy atom. The van der Waals surface area contributed by atoms with E-state index >= 15 is 0 Å². The highest BCUT2D eigenvalue weighted by Gasteiger charge is 2.36. The summed E-state index contributed by atoms with van der Waals surface area (Å²) in [5.41, 5.74) is 7.24. The van der Waals surface area contributed by atoms with Crippen LogP contribution < -0.4 is 10.5 Å². The first-order valence-corrected chi connectivity index (χ1v) is 10.9. The predicted molar refractivity (Wildman–Crippen MR) is 117 cm³/mol. The lowest BCUT2D eigenvalue weighted by Gasteiger charge is -2.24. The number of allylic oxidation sites excluding steroid dienone is 2. The number of halogens is 3. The Kier molecular flexibility index (Phi) is 5.47. The Bertz CT molecular complexity index is 1210. The first-order valence-electron chi connectivity index (χ1n) is 10.9. The van der Waals surface area contributed by atoms with Gasteiger partial charge in [0.1, 0.15) is 40.5 Å². The van der Waals surface area contributed by atoms with Gasteiger partial charge in [-0.1, -0.05) is 31.0 Å². The first kappa shape index (κ1) is 21.4. The second-order valence-electron chi connectivity index (χ2n) is 8.25.